The Hall–Kier alpha value is -1.16. The van der Waals surface area contributed by atoms with E-state index in [-0.39, 0.29) is 6.04 Å². The highest BCUT2D eigenvalue weighted by molar-refractivity contribution is 5.38. The van der Waals surface area contributed by atoms with Crippen molar-refractivity contribution in [3.8, 4) is 5.75 Å². The highest BCUT2D eigenvalue weighted by Crippen LogP contribution is 2.32. The van der Waals surface area contributed by atoms with Crippen LogP contribution in [0.25, 0.3) is 0 Å². The van der Waals surface area contributed by atoms with E-state index >= 15 is 0 Å². The Morgan fingerprint density at radius 1 is 1.36 bits per heavy atom. The number of hydrogen-bond acceptors (Lipinski definition) is 2. The predicted octanol–water partition coefficient (Wildman–Crippen LogP) is 2.01. The highest BCUT2D eigenvalue weighted by Gasteiger charge is 2.23. The quantitative estimate of drug-likeness (QED) is 0.786. The molecule has 1 atom stereocenters. The third kappa shape index (κ3) is 1.46. The molecule has 1 aromatic rings. The molecule has 1 aliphatic heterocycles. The smallest absolute Gasteiger partial charge is 0.162 e. The van der Waals surface area contributed by atoms with Crippen LogP contribution < -0.4 is 10.1 Å². The summed E-state index contributed by atoms with van der Waals surface area (Å²) in [6.45, 7) is 0.910. The van der Waals surface area contributed by atoms with Crippen molar-refractivity contribution in [3.05, 3.63) is 29.3 Å². The maximum atomic E-state index is 13.0. The summed E-state index contributed by atoms with van der Waals surface area (Å²) in [6, 6.07) is 2.38. The molecule has 1 aliphatic rings. The second kappa shape index (κ2) is 3.53. The van der Waals surface area contributed by atoms with Crippen LogP contribution in [0.3, 0.4) is 0 Å². The summed E-state index contributed by atoms with van der Waals surface area (Å²) in [5.74, 6) is -1.29. The van der Waals surface area contributed by atoms with Gasteiger partial charge in [-0.3, -0.25) is 0 Å². The number of benzene rings is 1. The Morgan fingerprint density at radius 3 is 2.50 bits per heavy atom. The molecule has 2 rings (SSSR count). The fraction of sp³-hybridized carbons (Fsp3) is 0.400. The van der Waals surface area contributed by atoms with E-state index in [1.165, 1.54) is 13.2 Å². The van der Waals surface area contributed by atoms with Gasteiger partial charge in [0.25, 0.3) is 0 Å². The van der Waals surface area contributed by atoms with Crippen molar-refractivity contribution in [1.29, 1.82) is 0 Å². The molecule has 1 aromatic carbocycles. The van der Waals surface area contributed by atoms with Gasteiger partial charge in [-0.2, -0.15) is 0 Å². The Balaban J connectivity index is 2.40. The minimum absolute atomic E-state index is 0.0973. The summed E-state index contributed by atoms with van der Waals surface area (Å²) in [4.78, 5) is 0. The van der Waals surface area contributed by atoms with Crippen LogP contribution in [0.4, 0.5) is 8.78 Å². The SMILES string of the molecule is COc1cc(F)c(F)cc1C1CCN1. The van der Waals surface area contributed by atoms with E-state index in [1.54, 1.807) is 0 Å². The first kappa shape index (κ1) is 9.40. The molecule has 0 aliphatic carbocycles. The van der Waals surface area contributed by atoms with Crippen LogP contribution in [0, 0.1) is 11.6 Å². The first-order chi connectivity index (χ1) is 6.72. The van der Waals surface area contributed by atoms with Gasteiger partial charge in [0.05, 0.1) is 7.11 Å². The standard InChI is InChI=1S/C10H11F2NO/c1-14-10-5-8(12)7(11)4-6(10)9-2-3-13-9/h4-5,9,13H,2-3H2,1H3. The summed E-state index contributed by atoms with van der Waals surface area (Å²) >= 11 is 0. The molecule has 0 bridgehead atoms. The maximum Gasteiger partial charge on any atom is 0.162 e. The van der Waals surface area contributed by atoms with Crippen molar-refractivity contribution in [1.82, 2.24) is 5.32 Å². The minimum Gasteiger partial charge on any atom is -0.496 e. The lowest BCUT2D eigenvalue weighted by atomic mass is 9.97. The second-order valence-corrected chi connectivity index (χ2v) is 3.30. The molecule has 1 saturated heterocycles. The zero-order chi connectivity index (χ0) is 10.1. The summed E-state index contributed by atoms with van der Waals surface area (Å²) < 4.78 is 30.8. The van der Waals surface area contributed by atoms with Crippen molar-refractivity contribution >= 4 is 0 Å². The van der Waals surface area contributed by atoms with E-state index in [2.05, 4.69) is 5.32 Å². The average molecular weight is 199 g/mol. The van der Waals surface area contributed by atoms with Crippen LogP contribution >= 0.6 is 0 Å². The molecule has 1 unspecified atom stereocenters. The fourth-order valence-corrected chi connectivity index (χ4v) is 1.55. The number of ether oxygens (including phenoxy) is 1. The molecule has 1 fully saturated rings. The maximum absolute atomic E-state index is 13.0. The highest BCUT2D eigenvalue weighted by atomic mass is 19.2. The molecule has 0 aromatic heterocycles. The molecule has 2 nitrogen and oxygen atoms in total. The topological polar surface area (TPSA) is 21.3 Å². The van der Waals surface area contributed by atoms with Crippen LogP contribution in [0.2, 0.25) is 0 Å². The van der Waals surface area contributed by atoms with Crippen LogP contribution in [0.1, 0.15) is 18.0 Å². The Kier molecular flexibility index (Phi) is 2.37. The molecule has 76 valence electrons. The van der Waals surface area contributed by atoms with Gasteiger partial charge in [0.15, 0.2) is 11.6 Å². The summed E-state index contributed by atoms with van der Waals surface area (Å²) in [5, 5.41) is 3.11. The molecule has 0 radical (unpaired) electrons. The number of halogens is 2. The summed E-state index contributed by atoms with van der Waals surface area (Å²) in [7, 11) is 1.45. The van der Waals surface area contributed by atoms with Gasteiger partial charge in [0.1, 0.15) is 5.75 Å². The molecule has 1 heterocycles. The number of nitrogens with one attached hydrogen (secondary N) is 1. The zero-order valence-corrected chi connectivity index (χ0v) is 7.81. The summed E-state index contributed by atoms with van der Waals surface area (Å²) in [5.41, 5.74) is 0.692. The normalized spacial score (nSPS) is 20.4. The number of hydrogen-bond donors (Lipinski definition) is 1. The first-order valence-electron chi connectivity index (χ1n) is 4.48. The van der Waals surface area contributed by atoms with Gasteiger partial charge < -0.3 is 10.1 Å². The third-order valence-corrected chi connectivity index (χ3v) is 2.47. The number of methoxy groups -OCH3 is 1. The van der Waals surface area contributed by atoms with Gasteiger partial charge in [-0.1, -0.05) is 0 Å². The van der Waals surface area contributed by atoms with Gasteiger partial charge in [-0.15, -0.1) is 0 Å². The lowest BCUT2D eigenvalue weighted by Gasteiger charge is -2.29. The largest absolute Gasteiger partial charge is 0.496 e. The Morgan fingerprint density at radius 2 is 2.00 bits per heavy atom. The molecule has 0 saturated carbocycles. The third-order valence-electron chi connectivity index (χ3n) is 2.47. The van der Waals surface area contributed by atoms with E-state index in [4.69, 9.17) is 4.74 Å². The van der Waals surface area contributed by atoms with E-state index in [0.29, 0.717) is 11.3 Å². The molecular formula is C10H11F2NO. The molecule has 0 amide bonds. The average Bonchev–Trinajstić information content (AvgIpc) is 2.08. The second-order valence-electron chi connectivity index (χ2n) is 3.30. The van der Waals surface area contributed by atoms with Gasteiger partial charge in [-0.05, 0) is 19.0 Å². The summed E-state index contributed by atoms with van der Waals surface area (Å²) in [6.07, 6.45) is 0.932. The molecular weight excluding hydrogens is 188 g/mol. The Bertz CT molecular complexity index is 350. The first-order valence-corrected chi connectivity index (χ1v) is 4.48. The molecule has 1 N–H and O–H groups in total. The van der Waals surface area contributed by atoms with E-state index < -0.39 is 11.6 Å². The van der Waals surface area contributed by atoms with Crippen molar-refractivity contribution in [2.45, 2.75) is 12.5 Å². The lowest BCUT2D eigenvalue weighted by Crippen LogP contribution is -2.35. The van der Waals surface area contributed by atoms with E-state index in [0.717, 1.165) is 19.0 Å². The zero-order valence-electron chi connectivity index (χ0n) is 7.81. The minimum atomic E-state index is -0.870. The van der Waals surface area contributed by atoms with Crippen molar-refractivity contribution < 1.29 is 13.5 Å². The van der Waals surface area contributed by atoms with Gasteiger partial charge in [0, 0.05) is 17.7 Å². The van der Waals surface area contributed by atoms with Crippen LogP contribution in [0.5, 0.6) is 5.75 Å². The molecule has 14 heavy (non-hydrogen) atoms. The molecule has 0 spiro atoms. The van der Waals surface area contributed by atoms with Crippen molar-refractivity contribution in [2.24, 2.45) is 0 Å². The van der Waals surface area contributed by atoms with Crippen LogP contribution in [0.15, 0.2) is 12.1 Å². The van der Waals surface area contributed by atoms with Gasteiger partial charge in [-0.25, -0.2) is 8.78 Å². The number of rotatable bonds is 2. The fourth-order valence-electron chi connectivity index (χ4n) is 1.55. The van der Waals surface area contributed by atoms with Crippen LogP contribution in [-0.4, -0.2) is 13.7 Å². The van der Waals surface area contributed by atoms with Crippen LogP contribution in [-0.2, 0) is 0 Å². The molecule has 4 heteroatoms. The van der Waals surface area contributed by atoms with Gasteiger partial charge >= 0.3 is 0 Å². The predicted molar refractivity (Wildman–Crippen MR) is 48.3 cm³/mol. The van der Waals surface area contributed by atoms with Crippen molar-refractivity contribution in [3.63, 3.8) is 0 Å². The van der Waals surface area contributed by atoms with Crippen molar-refractivity contribution in [2.75, 3.05) is 13.7 Å². The lowest BCUT2D eigenvalue weighted by molar-refractivity contribution is 0.348. The van der Waals surface area contributed by atoms with E-state index in [9.17, 15) is 8.78 Å². The monoisotopic (exact) mass is 199 g/mol. The Labute approximate surface area is 80.9 Å². The van der Waals surface area contributed by atoms with Gasteiger partial charge in [0.2, 0.25) is 0 Å². The van der Waals surface area contributed by atoms with E-state index in [1.807, 2.05) is 0 Å².